The Kier molecular flexibility index (Phi) is 2.65. The van der Waals surface area contributed by atoms with Crippen molar-refractivity contribution >= 4 is 0 Å². The van der Waals surface area contributed by atoms with Crippen molar-refractivity contribution < 1.29 is 13.5 Å². The summed E-state index contributed by atoms with van der Waals surface area (Å²) in [5.74, 6) is -1.82. The third-order valence-corrected chi connectivity index (χ3v) is 3.39. The summed E-state index contributed by atoms with van der Waals surface area (Å²) in [6.45, 7) is 3.80. The number of rotatable bonds is 2. The molecule has 1 aliphatic rings. The van der Waals surface area contributed by atoms with Gasteiger partial charge in [0.15, 0.2) is 0 Å². The Balaban J connectivity index is 2.36. The van der Waals surface area contributed by atoms with Crippen LogP contribution in [0.4, 0.5) is 8.78 Å². The topological polar surface area (TPSA) is 35.2 Å². The minimum absolute atomic E-state index is 0.273. The molecule has 0 aromatic heterocycles. The maximum atomic E-state index is 13.0. The van der Waals surface area contributed by atoms with E-state index in [-0.39, 0.29) is 12.8 Å². The summed E-state index contributed by atoms with van der Waals surface area (Å²) < 4.78 is 31.2. The first-order chi connectivity index (χ1) is 7.77. The van der Waals surface area contributed by atoms with Crippen LogP contribution in [0.25, 0.3) is 0 Å². The summed E-state index contributed by atoms with van der Waals surface area (Å²) in [6, 6.07) is 3.70. The zero-order valence-corrected chi connectivity index (χ0v) is 10.3. The molecule has 0 atom stereocenters. The molecule has 17 heavy (non-hydrogen) atoms. The molecule has 0 unspecified atom stereocenters. The fourth-order valence-corrected chi connectivity index (χ4v) is 2.64. The van der Waals surface area contributed by atoms with E-state index in [0.717, 1.165) is 22.4 Å². The van der Waals surface area contributed by atoms with Gasteiger partial charge in [-0.3, -0.25) is 0 Å². The van der Waals surface area contributed by atoms with Crippen LogP contribution in [-0.4, -0.2) is 13.0 Å². The van der Waals surface area contributed by atoms with E-state index >= 15 is 0 Å². The third kappa shape index (κ3) is 2.02. The molecule has 1 aliphatic carbocycles. The summed E-state index contributed by atoms with van der Waals surface area (Å²) in [5.41, 5.74) is 7.77. The lowest BCUT2D eigenvalue weighted by Gasteiger charge is -2.45. The lowest BCUT2D eigenvalue weighted by atomic mass is 9.69. The van der Waals surface area contributed by atoms with E-state index in [1.54, 1.807) is 7.11 Å². The number of alkyl halides is 2. The molecule has 4 heteroatoms. The highest BCUT2D eigenvalue weighted by atomic mass is 19.3. The number of hydrogen-bond acceptors (Lipinski definition) is 2. The zero-order valence-electron chi connectivity index (χ0n) is 10.3. The van der Waals surface area contributed by atoms with E-state index < -0.39 is 11.5 Å². The molecule has 2 N–H and O–H groups in total. The van der Waals surface area contributed by atoms with E-state index in [0.29, 0.717) is 0 Å². The fraction of sp³-hybridized carbons (Fsp3) is 0.538. The van der Waals surface area contributed by atoms with Gasteiger partial charge in [-0.1, -0.05) is 12.1 Å². The van der Waals surface area contributed by atoms with Crippen molar-refractivity contribution in [1.82, 2.24) is 0 Å². The van der Waals surface area contributed by atoms with Gasteiger partial charge in [-0.25, -0.2) is 8.78 Å². The minimum atomic E-state index is -2.61. The summed E-state index contributed by atoms with van der Waals surface area (Å²) in [4.78, 5) is 0. The second-order valence-corrected chi connectivity index (χ2v) is 5.01. The molecule has 0 spiro atoms. The van der Waals surface area contributed by atoms with Crippen molar-refractivity contribution in [2.24, 2.45) is 5.73 Å². The molecule has 0 aliphatic heterocycles. The van der Waals surface area contributed by atoms with Crippen LogP contribution in [0.3, 0.4) is 0 Å². The van der Waals surface area contributed by atoms with Crippen molar-refractivity contribution in [2.45, 2.75) is 38.2 Å². The van der Waals surface area contributed by atoms with Crippen LogP contribution in [0.15, 0.2) is 12.1 Å². The Hall–Kier alpha value is -1.16. The van der Waals surface area contributed by atoms with Gasteiger partial charge in [0, 0.05) is 12.8 Å². The van der Waals surface area contributed by atoms with Crippen LogP contribution < -0.4 is 10.5 Å². The summed E-state index contributed by atoms with van der Waals surface area (Å²) in [7, 11) is 1.60. The van der Waals surface area contributed by atoms with Crippen LogP contribution in [-0.2, 0) is 5.54 Å². The number of benzene rings is 1. The van der Waals surface area contributed by atoms with Crippen molar-refractivity contribution in [3.05, 3.63) is 28.8 Å². The first kappa shape index (κ1) is 12.3. The van der Waals surface area contributed by atoms with E-state index in [9.17, 15) is 8.78 Å². The van der Waals surface area contributed by atoms with Crippen molar-refractivity contribution in [2.75, 3.05) is 7.11 Å². The maximum Gasteiger partial charge on any atom is 0.252 e. The molecule has 0 bridgehead atoms. The number of aryl methyl sites for hydroxylation is 2. The molecular formula is C13H17F2NO. The van der Waals surface area contributed by atoms with Gasteiger partial charge in [-0.2, -0.15) is 0 Å². The number of ether oxygens (including phenoxy) is 1. The average Bonchev–Trinajstić information content (AvgIpc) is 2.13. The highest BCUT2D eigenvalue weighted by Gasteiger charge is 2.55. The Bertz CT molecular complexity index is 426. The molecule has 94 valence electrons. The molecule has 1 aromatic carbocycles. The van der Waals surface area contributed by atoms with Gasteiger partial charge in [-0.15, -0.1) is 0 Å². The highest BCUT2D eigenvalue weighted by Crippen LogP contribution is 2.50. The molecule has 1 saturated carbocycles. The summed E-state index contributed by atoms with van der Waals surface area (Å²) in [5, 5.41) is 0. The minimum Gasteiger partial charge on any atom is -0.496 e. The number of methoxy groups -OCH3 is 1. The van der Waals surface area contributed by atoms with Gasteiger partial charge in [-0.05, 0) is 30.5 Å². The largest absolute Gasteiger partial charge is 0.496 e. The van der Waals surface area contributed by atoms with Crippen molar-refractivity contribution in [1.29, 1.82) is 0 Å². The highest BCUT2D eigenvalue weighted by molar-refractivity contribution is 5.46. The molecule has 0 saturated heterocycles. The molecular weight excluding hydrogens is 224 g/mol. The Morgan fingerprint density at radius 3 is 2.00 bits per heavy atom. The smallest absolute Gasteiger partial charge is 0.252 e. The zero-order chi connectivity index (χ0) is 12.8. The van der Waals surface area contributed by atoms with Gasteiger partial charge in [0.05, 0.1) is 12.6 Å². The Morgan fingerprint density at radius 1 is 1.18 bits per heavy atom. The van der Waals surface area contributed by atoms with E-state index in [1.807, 2.05) is 26.0 Å². The lowest BCUT2D eigenvalue weighted by Crippen LogP contribution is -2.55. The standard InChI is InChI=1S/C13H17F2NO/c1-8-4-10(5-9(2)11(8)17-3)12(16)6-13(14,15)7-12/h4-5H,6-7,16H2,1-3H3. The second kappa shape index (κ2) is 3.67. The van der Waals surface area contributed by atoms with Gasteiger partial charge < -0.3 is 10.5 Å². The molecule has 1 aromatic rings. The summed E-state index contributed by atoms with van der Waals surface area (Å²) in [6.07, 6.45) is -0.545. The van der Waals surface area contributed by atoms with Crippen LogP contribution in [0.5, 0.6) is 5.75 Å². The Labute approximate surface area is 99.8 Å². The average molecular weight is 241 g/mol. The third-order valence-electron chi connectivity index (χ3n) is 3.39. The summed E-state index contributed by atoms with van der Waals surface area (Å²) >= 11 is 0. The van der Waals surface area contributed by atoms with Crippen LogP contribution >= 0.6 is 0 Å². The first-order valence-electron chi connectivity index (χ1n) is 5.60. The fourth-order valence-electron chi connectivity index (χ4n) is 2.64. The van der Waals surface area contributed by atoms with E-state index in [4.69, 9.17) is 10.5 Å². The first-order valence-corrected chi connectivity index (χ1v) is 5.60. The van der Waals surface area contributed by atoms with E-state index in [1.165, 1.54) is 0 Å². The second-order valence-electron chi connectivity index (χ2n) is 5.01. The van der Waals surface area contributed by atoms with Crippen LogP contribution in [0.1, 0.15) is 29.5 Å². The quantitative estimate of drug-likeness (QED) is 0.864. The normalized spacial score (nSPS) is 20.8. The predicted octanol–water partition coefficient (Wildman–Crippen LogP) is 2.90. The molecule has 0 radical (unpaired) electrons. The van der Waals surface area contributed by atoms with Gasteiger partial charge in [0.2, 0.25) is 0 Å². The number of hydrogen-bond donors (Lipinski definition) is 1. The van der Waals surface area contributed by atoms with Gasteiger partial charge in [0.25, 0.3) is 5.92 Å². The van der Waals surface area contributed by atoms with Crippen molar-refractivity contribution in [3.63, 3.8) is 0 Å². The molecule has 2 rings (SSSR count). The molecule has 0 heterocycles. The maximum absolute atomic E-state index is 13.0. The molecule has 0 amide bonds. The number of nitrogens with two attached hydrogens (primary N) is 1. The van der Waals surface area contributed by atoms with Crippen molar-refractivity contribution in [3.8, 4) is 5.75 Å². The monoisotopic (exact) mass is 241 g/mol. The number of halogens is 2. The van der Waals surface area contributed by atoms with E-state index in [2.05, 4.69) is 0 Å². The van der Waals surface area contributed by atoms with Crippen LogP contribution in [0, 0.1) is 13.8 Å². The molecule has 2 nitrogen and oxygen atoms in total. The lowest BCUT2D eigenvalue weighted by molar-refractivity contribution is -0.125. The van der Waals surface area contributed by atoms with Crippen LogP contribution in [0.2, 0.25) is 0 Å². The van der Waals surface area contributed by atoms with Gasteiger partial charge in [0.1, 0.15) is 5.75 Å². The molecule has 1 fully saturated rings. The van der Waals surface area contributed by atoms with Gasteiger partial charge >= 0.3 is 0 Å². The predicted molar refractivity (Wildman–Crippen MR) is 62.5 cm³/mol. The SMILES string of the molecule is COc1c(C)cc(C2(N)CC(F)(F)C2)cc1C. The Morgan fingerprint density at radius 2 is 1.65 bits per heavy atom.